The maximum absolute atomic E-state index is 13.5. The molecular weight excluding hydrogens is 355 g/mol. The van der Waals surface area contributed by atoms with Gasteiger partial charge < -0.3 is 19.0 Å². The molecule has 0 bridgehead atoms. The number of rotatable bonds is 6. The third-order valence-electron chi connectivity index (χ3n) is 3.98. The van der Waals surface area contributed by atoms with Gasteiger partial charge in [0.15, 0.2) is 18.2 Å². The highest BCUT2D eigenvalue weighted by molar-refractivity contribution is 5.83. The van der Waals surface area contributed by atoms with Gasteiger partial charge in [-0.25, -0.2) is 14.0 Å². The van der Waals surface area contributed by atoms with Crippen LogP contribution in [0.3, 0.4) is 0 Å². The second-order valence-electron chi connectivity index (χ2n) is 5.80. The van der Waals surface area contributed by atoms with E-state index in [4.69, 9.17) is 13.9 Å². The van der Waals surface area contributed by atoms with Gasteiger partial charge in [-0.05, 0) is 30.2 Å². The van der Waals surface area contributed by atoms with E-state index in [0.717, 1.165) is 0 Å². The third kappa shape index (κ3) is 4.25. The number of halogens is 1. The van der Waals surface area contributed by atoms with Crippen molar-refractivity contribution in [3.8, 4) is 11.5 Å². The molecular formula is C20H17FO6. The first-order valence-electron chi connectivity index (χ1n) is 8.29. The molecule has 0 aliphatic rings. The fraction of sp³-hybridized carbons (Fsp3) is 0.200. The minimum Gasteiger partial charge on any atom is -0.508 e. The van der Waals surface area contributed by atoms with E-state index in [9.17, 15) is 19.1 Å². The zero-order valence-electron chi connectivity index (χ0n) is 14.5. The second kappa shape index (κ2) is 7.90. The fourth-order valence-electron chi connectivity index (χ4n) is 2.61. The smallest absolute Gasteiger partial charge is 0.344 e. The van der Waals surface area contributed by atoms with Gasteiger partial charge in [-0.2, -0.15) is 0 Å². The first kappa shape index (κ1) is 18.4. The van der Waals surface area contributed by atoms with Crippen molar-refractivity contribution in [1.29, 1.82) is 0 Å². The van der Waals surface area contributed by atoms with Gasteiger partial charge in [-0.15, -0.1) is 0 Å². The average molecular weight is 372 g/mol. The van der Waals surface area contributed by atoms with E-state index in [1.807, 2.05) is 6.92 Å². The van der Waals surface area contributed by atoms with Gasteiger partial charge in [-0.1, -0.05) is 19.1 Å². The number of esters is 1. The lowest BCUT2D eigenvalue weighted by atomic mass is 10.0. The lowest BCUT2D eigenvalue weighted by Crippen LogP contribution is -2.16. The van der Waals surface area contributed by atoms with Crippen LogP contribution in [0.2, 0.25) is 0 Å². The number of carbonyl (C=O) groups is 1. The van der Waals surface area contributed by atoms with Crippen LogP contribution in [0.1, 0.15) is 18.1 Å². The number of phenols is 1. The number of hydrogen-bond acceptors (Lipinski definition) is 6. The molecule has 0 saturated heterocycles. The molecule has 27 heavy (non-hydrogen) atoms. The zero-order valence-corrected chi connectivity index (χ0v) is 14.5. The van der Waals surface area contributed by atoms with Crippen LogP contribution in [0.15, 0.2) is 51.7 Å². The minimum absolute atomic E-state index is 0.0283. The quantitative estimate of drug-likeness (QED) is 0.528. The SMILES string of the molecule is CCc1cc2c(COC(=O)COc3ccccc3F)cc(=O)oc2cc1O. The number of aryl methyl sites for hydroxylation is 1. The summed E-state index contributed by atoms with van der Waals surface area (Å²) >= 11 is 0. The number of aromatic hydroxyl groups is 1. The van der Waals surface area contributed by atoms with Crippen molar-refractivity contribution in [3.63, 3.8) is 0 Å². The molecule has 7 heteroatoms. The first-order chi connectivity index (χ1) is 13.0. The van der Waals surface area contributed by atoms with E-state index in [0.29, 0.717) is 22.9 Å². The van der Waals surface area contributed by atoms with Crippen LogP contribution < -0.4 is 10.4 Å². The molecule has 0 amide bonds. The number of fused-ring (bicyclic) bond motifs is 1. The van der Waals surface area contributed by atoms with Gasteiger partial charge in [0.1, 0.15) is 17.9 Å². The van der Waals surface area contributed by atoms with Crippen molar-refractivity contribution in [1.82, 2.24) is 0 Å². The van der Waals surface area contributed by atoms with Crippen LogP contribution in [0.25, 0.3) is 11.0 Å². The average Bonchev–Trinajstić information content (AvgIpc) is 2.64. The standard InChI is InChI=1S/C20H17FO6/c1-2-12-7-14-13(8-19(23)27-18(14)9-16(12)22)10-26-20(24)11-25-17-6-4-3-5-15(17)21/h3-9,22H,2,10-11H2,1H3. The second-order valence-corrected chi connectivity index (χ2v) is 5.80. The van der Waals surface area contributed by atoms with Crippen LogP contribution in [-0.2, 0) is 22.6 Å². The Kier molecular flexibility index (Phi) is 5.40. The molecule has 0 fully saturated rings. The molecule has 140 valence electrons. The molecule has 0 radical (unpaired) electrons. The molecule has 0 aliphatic carbocycles. The first-order valence-corrected chi connectivity index (χ1v) is 8.29. The summed E-state index contributed by atoms with van der Waals surface area (Å²) in [7, 11) is 0. The van der Waals surface area contributed by atoms with Gasteiger partial charge >= 0.3 is 11.6 Å². The van der Waals surface area contributed by atoms with E-state index in [1.165, 1.54) is 30.3 Å². The Bertz CT molecular complexity index is 1040. The van der Waals surface area contributed by atoms with Crippen molar-refractivity contribution >= 4 is 16.9 Å². The van der Waals surface area contributed by atoms with Gasteiger partial charge in [0, 0.05) is 23.1 Å². The largest absolute Gasteiger partial charge is 0.508 e. The molecule has 0 atom stereocenters. The van der Waals surface area contributed by atoms with Gasteiger partial charge in [0.05, 0.1) is 0 Å². The van der Waals surface area contributed by atoms with E-state index < -0.39 is 24.0 Å². The Labute approximate surface area is 153 Å². The zero-order chi connectivity index (χ0) is 19.4. The Hall–Kier alpha value is -3.35. The molecule has 6 nitrogen and oxygen atoms in total. The van der Waals surface area contributed by atoms with Gasteiger partial charge in [0.25, 0.3) is 0 Å². The van der Waals surface area contributed by atoms with Crippen molar-refractivity contribution < 1.29 is 28.2 Å². The summed E-state index contributed by atoms with van der Waals surface area (Å²) in [6.45, 7) is 1.22. The number of carbonyl (C=O) groups excluding carboxylic acids is 1. The molecule has 1 heterocycles. The Morgan fingerprint density at radius 3 is 2.70 bits per heavy atom. The topological polar surface area (TPSA) is 86.0 Å². The van der Waals surface area contributed by atoms with Crippen LogP contribution in [0, 0.1) is 5.82 Å². The maximum atomic E-state index is 13.5. The van der Waals surface area contributed by atoms with E-state index >= 15 is 0 Å². The minimum atomic E-state index is -0.714. The van der Waals surface area contributed by atoms with Crippen LogP contribution in [-0.4, -0.2) is 17.7 Å². The molecule has 0 unspecified atom stereocenters. The van der Waals surface area contributed by atoms with E-state index in [1.54, 1.807) is 12.1 Å². The highest BCUT2D eigenvalue weighted by Crippen LogP contribution is 2.27. The van der Waals surface area contributed by atoms with Crippen LogP contribution in [0.4, 0.5) is 4.39 Å². The monoisotopic (exact) mass is 372 g/mol. The number of ether oxygens (including phenoxy) is 2. The number of phenolic OH excluding ortho intramolecular Hbond substituents is 1. The normalized spacial score (nSPS) is 10.7. The summed E-state index contributed by atoms with van der Waals surface area (Å²) in [5.41, 5.74) is 0.688. The molecule has 1 aromatic heterocycles. The Morgan fingerprint density at radius 1 is 1.19 bits per heavy atom. The van der Waals surface area contributed by atoms with Gasteiger partial charge in [-0.3, -0.25) is 0 Å². The number of hydrogen-bond donors (Lipinski definition) is 1. The fourth-order valence-corrected chi connectivity index (χ4v) is 2.61. The summed E-state index contributed by atoms with van der Waals surface area (Å²) in [5, 5.41) is 10.5. The molecule has 2 aromatic carbocycles. The summed E-state index contributed by atoms with van der Waals surface area (Å²) in [6.07, 6.45) is 0.580. The highest BCUT2D eigenvalue weighted by Gasteiger charge is 2.13. The molecule has 0 aliphatic heterocycles. The third-order valence-corrected chi connectivity index (χ3v) is 3.98. The van der Waals surface area contributed by atoms with Crippen molar-refractivity contribution in [2.45, 2.75) is 20.0 Å². The predicted octanol–water partition coefficient (Wildman–Crippen LogP) is 3.32. The summed E-state index contributed by atoms with van der Waals surface area (Å²) in [5.74, 6) is -1.32. The molecule has 3 rings (SSSR count). The van der Waals surface area contributed by atoms with Crippen LogP contribution in [0.5, 0.6) is 11.5 Å². The summed E-state index contributed by atoms with van der Waals surface area (Å²) in [4.78, 5) is 23.6. The maximum Gasteiger partial charge on any atom is 0.344 e. The lowest BCUT2D eigenvalue weighted by Gasteiger charge is -2.10. The van der Waals surface area contributed by atoms with Crippen molar-refractivity contribution in [3.05, 3.63) is 69.8 Å². The Morgan fingerprint density at radius 2 is 1.96 bits per heavy atom. The molecule has 0 spiro atoms. The van der Waals surface area contributed by atoms with Crippen LogP contribution >= 0.6 is 0 Å². The molecule has 0 saturated carbocycles. The Balaban J connectivity index is 1.73. The van der Waals surface area contributed by atoms with E-state index in [2.05, 4.69) is 0 Å². The van der Waals surface area contributed by atoms with Crippen molar-refractivity contribution in [2.24, 2.45) is 0 Å². The molecule has 1 N–H and O–H groups in total. The molecule has 3 aromatic rings. The summed E-state index contributed by atoms with van der Waals surface area (Å²) in [6, 6.07) is 9.99. The predicted molar refractivity (Wildman–Crippen MR) is 95.2 cm³/mol. The number of para-hydroxylation sites is 1. The van der Waals surface area contributed by atoms with Crippen molar-refractivity contribution in [2.75, 3.05) is 6.61 Å². The summed E-state index contributed by atoms with van der Waals surface area (Å²) < 4.78 is 28.8. The lowest BCUT2D eigenvalue weighted by molar-refractivity contribution is -0.147. The van der Waals surface area contributed by atoms with E-state index in [-0.39, 0.29) is 23.7 Å². The van der Waals surface area contributed by atoms with Gasteiger partial charge in [0.2, 0.25) is 0 Å². The number of benzene rings is 2. The highest BCUT2D eigenvalue weighted by atomic mass is 19.1.